The van der Waals surface area contributed by atoms with Crippen molar-refractivity contribution in [1.29, 1.82) is 0 Å². The zero-order valence-electron chi connectivity index (χ0n) is 15.2. The van der Waals surface area contributed by atoms with Crippen molar-refractivity contribution in [1.82, 2.24) is 14.5 Å². The van der Waals surface area contributed by atoms with E-state index in [2.05, 4.69) is 21.0 Å². The fourth-order valence-corrected chi connectivity index (χ4v) is 3.78. The van der Waals surface area contributed by atoms with Crippen molar-refractivity contribution in [3.63, 3.8) is 0 Å². The van der Waals surface area contributed by atoms with Gasteiger partial charge in [-0.3, -0.25) is 4.79 Å². The van der Waals surface area contributed by atoms with E-state index in [0.717, 1.165) is 27.1 Å². The third-order valence-corrected chi connectivity index (χ3v) is 5.03. The van der Waals surface area contributed by atoms with Gasteiger partial charge in [-0.15, -0.1) is 0 Å². The molecule has 2 amide bonds. The maximum Gasteiger partial charge on any atom is 0.417 e. The third-order valence-electron chi connectivity index (χ3n) is 4.37. The highest BCUT2D eigenvalue weighted by Crippen LogP contribution is 2.38. The first-order valence-electron chi connectivity index (χ1n) is 8.55. The summed E-state index contributed by atoms with van der Waals surface area (Å²) in [5.41, 5.74) is 3.35. The van der Waals surface area contributed by atoms with Gasteiger partial charge < -0.3 is 4.74 Å². The molecule has 0 bridgehead atoms. The molecule has 27 heavy (non-hydrogen) atoms. The van der Waals surface area contributed by atoms with Crippen LogP contribution in [0.4, 0.5) is 4.79 Å². The minimum absolute atomic E-state index is 0.169. The summed E-state index contributed by atoms with van der Waals surface area (Å²) in [5.74, 6) is -0.357. The highest BCUT2D eigenvalue weighted by molar-refractivity contribution is 9.10. The smallest absolute Gasteiger partial charge is 0.417 e. The van der Waals surface area contributed by atoms with E-state index in [1.165, 1.54) is 0 Å². The summed E-state index contributed by atoms with van der Waals surface area (Å²) >= 11 is 3.45. The highest BCUT2D eigenvalue weighted by Gasteiger charge is 2.38. The number of ether oxygens (including phenoxy) is 1. The van der Waals surface area contributed by atoms with Crippen LogP contribution in [0.3, 0.4) is 0 Å². The van der Waals surface area contributed by atoms with Gasteiger partial charge in [0, 0.05) is 16.2 Å². The number of halogens is 1. The van der Waals surface area contributed by atoms with Crippen LogP contribution in [-0.2, 0) is 11.3 Å². The lowest BCUT2D eigenvalue weighted by molar-refractivity contribution is 0.0248. The molecular weight excluding hydrogens is 410 g/mol. The van der Waals surface area contributed by atoms with Crippen LogP contribution in [0.5, 0.6) is 0 Å². The average Bonchev–Trinajstić information content (AvgIpc) is 3.16. The Morgan fingerprint density at radius 1 is 1.19 bits per heavy atom. The summed E-state index contributed by atoms with van der Waals surface area (Å²) in [7, 11) is 0. The Bertz CT molecular complexity index is 1080. The van der Waals surface area contributed by atoms with E-state index in [4.69, 9.17) is 4.74 Å². The molecule has 0 unspecified atom stereocenters. The molecule has 6 nitrogen and oxygen atoms in total. The van der Waals surface area contributed by atoms with Gasteiger partial charge in [0.1, 0.15) is 5.60 Å². The maximum atomic E-state index is 12.9. The molecule has 0 N–H and O–H groups in total. The molecule has 138 valence electrons. The minimum atomic E-state index is -0.672. The lowest BCUT2D eigenvalue weighted by Gasteiger charge is -2.23. The predicted octanol–water partition coefficient (Wildman–Crippen LogP) is 4.65. The van der Waals surface area contributed by atoms with Crippen LogP contribution in [0.2, 0.25) is 0 Å². The number of hydrogen-bond donors (Lipinski definition) is 0. The molecule has 1 aromatic carbocycles. The number of benzene rings is 1. The summed E-state index contributed by atoms with van der Waals surface area (Å²) < 4.78 is 7.84. The van der Waals surface area contributed by atoms with Gasteiger partial charge in [0.2, 0.25) is 0 Å². The maximum absolute atomic E-state index is 12.9. The van der Waals surface area contributed by atoms with Gasteiger partial charge in [0.05, 0.1) is 23.8 Å². The first-order valence-corrected chi connectivity index (χ1v) is 9.34. The molecule has 0 saturated carbocycles. The van der Waals surface area contributed by atoms with Gasteiger partial charge >= 0.3 is 6.09 Å². The molecule has 0 aliphatic carbocycles. The van der Waals surface area contributed by atoms with Crippen LogP contribution in [0, 0.1) is 0 Å². The fourth-order valence-electron chi connectivity index (χ4n) is 3.24. The van der Waals surface area contributed by atoms with Crippen LogP contribution >= 0.6 is 15.9 Å². The molecule has 2 aromatic heterocycles. The Morgan fingerprint density at radius 3 is 2.70 bits per heavy atom. The van der Waals surface area contributed by atoms with E-state index in [-0.39, 0.29) is 12.5 Å². The van der Waals surface area contributed by atoms with Gasteiger partial charge in [0.15, 0.2) is 0 Å². The molecule has 0 spiro atoms. The Hall–Kier alpha value is -2.67. The second-order valence-corrected chi connectivity index (χ2v) is 8.26. The Labute approximate surface area is 164 Å². The molecule has 1 aliphatic heterocycles. The molecule has 7 heteroatoms. The normalized spacial score (nSPS) is 13.9. The molecule has 3 aromatic rings. The quantitative estimate of drug-likeness (QED) is 0.566. The Kier molecular flexibility index (Phi) is 4.07. The van der Waals surface area contributed by atoms with Crippen molar-refractivity contribution < 1.29 is 14.3 Å². The lowest BCUT2D eigenvalue weighted by Crippen LogP contribution is -2.36. The van der Waals surface area contributed by atoms with Crippen molar-refractivity contribution in [3.05, 3.63) is 58.3 Å². The molecular formula is C20H18BrN3O3. The van der Waals surface area contributed by atoms with Gasteiger partial charge in [-0.25, -0.2) is 14.2 Å². The molecule has 0 saturated heterocycles. The SMILES string of the molecule is CC(C)(C)OC(=O)N1Cc2c(-c3cnn4ccccc34)ccc(Br)c2C1=O. The van der Waals surface area contributed by atoms with Crippen molar-refractivity contribution >= 4 is 33.4 Å². The molecule has 3 heterocycles. The van der Waals surface area contributed by atoms with Crippen molar-refractivity contribution in [2.45, 2.75) is 32.9 Å². The number of imide groups is 1. The highest BCUT2D eigenvalue weighted by atomic mass is 79.9. The number of nitrogens with zero attached hydrogens (tertiary/aromatic N) is 3. The predicted molar refractivity (Wildman–Crippen MR) is 104 cm³/mol. The van der Waals surface area contributed by atoms with Crippen LogP contribution in [0.1, 0.15) is 36.7 Å². The number of rotatable bonds is 1. The number of aromatic nitrogens is 2. The minimum Gasteiger partial charge on any atom is -0.443 e. The first kappa shape index (κ1) is 17.7. The second kappa shape index (κ2) is 6.20. The number of carbonyl (C=O) groups is 2. The largest absolute Gasteiger partial charge is 0.443 e. The van der Waals surface area contributed by atoms with Gasteiger partial charge in [-0.1, -0.05) is 12.1 Å². The van der Waals surface area contributed by atoms with Crippen LogP contribution in [0.15, 0.2) is 47.2 Å². The lowest BCUT2D eigenvalue weighted by atomic mass is 9.98. The van der Waals surface area contributed by atoms with E-state index in [1.54, 1.807) is 31.5 Å². The van der Waals surface area contributed by atoms with E-state index in [1.807, 2.05) is 36.5 Å². The fraction of sp³-hybridized carbons (Fsp3) is 0.250. The molecule has 0 atom stereocenters. The Balaban J connectivity index is 1.81. The number of carbonyl (C=O) groups excluding carboxylic acids is 2. The van der Waals surface area contributed by atoms with Crippen molar-refractivity contribution in [2.75, 3.05) is 0 Å². The molecule has 0 fully saturated rings. The summed E-state index contributed by atoms with van der Waals surface area (Å²) in [5, 5.41) is 4.38. The van der Waals surface area contributed by atoms with Crippen LogP contribution < -0.4 is 0 Å². The van der Waals surface area contributed by atoms with Crippen molar-refractivity contribution in [2.24, 2.45) is 0 Å². The first-order chi connectivity index (χ1) is 12.8. The number of amides is 2. The van der Waals surface area contributed by atoms with E-state index in [9.17, 15) is 9.59 Å². The standard InChI is InChI=1S/C20H18BrN3O3/c1-20(2,3)27-19(26)23-11-14-12(7-8-15(21)17(14)18(23)25)13-10-22-24-9-5-4-6-16(13)24/h4-10H,11H2,1-3H3. The monoisotopic (exact) mass is 427 g/mol. The van der Waals surface area contributed by atoms with Gasteiger partial charge in [-0.2, -0.15) is 5.10 Å². The number of fused-ring (bicyclic) bond motifs is 2. The summed E-state index contributed by atoms with van der Waals surface area (Å²) in [4.78, 5) is 26.6. The Morgan fingerprint density at radius 2 is 1.96 bits per heavy atom. The summed E-state index contributed by atoms with van der Waals surface area (Å²) in [6.07, 6.45) is 3.01. The third kappa shape index (κ3) is 3.02. The van der Waals surface area contributed by atoms with E-state index < -0.39 is 11.7 Å². The summed E-state index contributed by atoms with van der Waals surface area (Å²) in [6, 6.07) is 9.59. The van der Waals surface area contributed by atoms with Gasteiger partial charge in [0.25, 0.3) is 5.91 Å². The zero-order chi connectivity index (χ0) is 19.3. The van der Waals surface area contributed by atoms with E-state index >= 15 is 0 Å². The second-order valence-electron chi connectivity index (χ2n) is 7.41. The topological polar surface area (TPSA) is 63.9 Å². The number of hydrogen-bond acceptors (Lipinski definition) is 4. The van der Waals surface area contributed by atoms with Crippen LogP contribution in [-0.4, -0.2) is 32.1 Å². The average molecular weight is 428 g/mol. The zero-order valence-corrected chi connectivity index (χ0v) is 16.8. The molecule has 1 aliphatic rings. The van der Waals surface area contributed by atoms with E-state index in [0.29, 0.717) is 10.0 Å². The molecule has 0 radical (unpaired) electrons. The molecule has 4 rings (SSSR count). The summed E-state index contributed by atoms with van der Waals surface area (Å²) in [6.45, 7) is 5.50. The van der Waals surface area contributed by atoms with Gasteiger partial charge in [-0.05, 0) is 66.0 Å². The van der Waals surface area contributed by atoms with Crippen molar-refractivity contribution in [3.8, 4) is 11.1 Å². The van der Waals surface area contributed by atoms with Crippen LogP contribution in [0.25, 0.3) is 16.6 Å². The number of pyridine rings is 1.